The second-order valence-corrected chi connectivity index (χ2v) is 6.80. The highest BCUT2D eigenvalue weighted by atomic mass is 19.4. The van der Waals surface area contributed by atoms with Gasteiger partial charge in [-0.25, -0.2) is 0 Å². The Morgan fingerprint density at radius 3 is 2.75 bits per heavy atom. The number of amides is 1. The van der Waals surface area contributed by atoms with Crippen molar-refractivity contribution >= 4 is 5.91 Å². The summed E-state index contributed by atoms with van der Waals surface area (Å²) >= 11 is 0. The number of halogens is 3. The molecule has 0 heterocycles. The molecule has 0 spiro atoms. The smallest absolute Gasteiger partial charge is 0.345 e. The van der Waals surface area contributed by atoms with Crippen molar-refractivity contribution in [1.82, 2.24) is 5.32 Å². The molecule has 1 aromatic carbocycles. The van der Waals surface area contributed by atoms with Crippen LogP contribution in [0.3, 0.4) is 0 Å². The lowest BCUT2D eigenvalue weighted by molar-refractivity contribution is -0.137. The molecule has 5 heteroatoms. The molecule has 2 bridgehead atoms. The summed E-state index contributed by atoms with van der Waals surface area (Å²) in [5.41, 5.74) is -0.415. The summed E-state index contributed by atoms with van der Waals surface area (Å²) in [6, 6.07) is 4.90. The highest BCUT2D eigenvalue weighted by Gasteiger charge is 2.39. The van der Waals surface area contributed by atoms with Crippen molar-refractivity contribution in [3.8, 4) is 11.8 Å². The van der Waals surface area contributed by atoms with E-state index in [4.69, 9.17) is 0 Å². The molecular weight excluding hydrogens is 315 g/mol. The van der Waals surface area contributed by atoms with Gasteiger partial charge in [-0.15, -0.1) is 0 Å². The predicted octanol–water partition coefficient (Wildman–Crippen LogP) is 4.00. The van der Waals surface area contributed by atoms with Crippen molar-refractivity contribution < 1.29 is 18.0 Å². The molecule has 128 valence electrons. The fraction of sp³-hybridized carbons (Fsp3) is 0.526. The van der Waals surface area contributed by atoms with E-state index in [1.807, 2.05) is 0 Å². The number of nitrogens with one attached hydrogen (secondary N) is 1. The summed E-state index contributed by atoms with van der Waals surface area (Å²) in [4.78, 5) is 11.9. The Morgan fingerprint density at radius 2 is 2.08 bits per heavy atom. The van der Waals surface area contributed by atoms with Crippen LogP contribution in [-0.2, 0) is 11.0 Å². The zero-order valence-corrected chi connectivity index (χ0v) is 13.3. The van der Waals surface area contributed by atoms with Gasteiger partial charge < -0.3 is 5.32 Å². The van der Waals surface area contributed by atoms with Gasteiger partial charge in [0.25, 0.3) is 0 Å². The standard InChI is InChI=1S/C19H20F3NO/c20-19(21,22)17-5-1-3-13(11-17)4-2-8-23-18(24)12-16-10-14-6-7-15(16)9-14/h1,3,5,11,14-16H,6-10,12H2,(H,23,24). The number of alkyl halides is 3. The first-order valence-electron chi connectivity index (χ1n) is 8.34. The van der Waals surface area contributed by atoms with Gasteiger partial charge in [-0.1, -0.05) is 24.3 Å². The molecule has 0 radical (unpaired) electrons. The summed E-state index contributed by atoms with van der Waals surface area (Å²) in [6.07, 6.45) is 1.17. The maximum atomic E-state index is 12.6. The zero-order valence-electron chi connectivity index (χ0n) is 13.3. The van der Waals surface area contributed by atoms with Crippen LogP contribution in [0, 0.1) is 29.6 Å². The summed E-state index contributed by atoms with van der Waals surface area (Å²) in [5, 5.41) is 2.75. The third-order valence-corrected chi connectivity index (χ3v) is 5.13. The second-order valence-electron chi connectivity index (χ2n) is 6.80. The maximum absolute atomic E-state index is 12.6. The second kappa shape index (κ2) is 6.88. The van der Waals surface area contributed by atoms with Gasteiger partial charge in [-0.3, -0.25) is 4.79 Å². The Balaban J connectivity index is 1.47. The average Bonchev–Trinajstić information content (AvgIpc) is 3.14. The Hall–Kier alpha value is -1.96. The van der Waals surface area contributed by atoms with Gasteiger partial charge in [0.05, 0.1) is 12.1 Å². The number of carbonyl (C=O) groups excluding carboxylic acids is 1. The van der Waals surface area contributed by atoms with Crippen LogP contribution in [0.1, 0.15) is 43.2 Å². The third kappa shape index (κ3) is 4.11. The van der Waals surface area contributed by atoms with E-state index in [1.54, 1.807) is 0 Å². The van der Waals surface area contributed by atoms with E-state index < -0.39 is 11.7 Å². The van der Waals surface area contributed by atoms with E-state index in [2.05, 4.69) is 17.2 Å². The average molecular weight is 335 g/mol. The first kappa shape index (κ1) is 16.9. The van der Waals surface area contributed by atoms with Crippen LogP contribution in [-0.4, -0.2) is 12.5 Å². The van der Waals surface area contributed by atoms with E-state index in [0.717, 1.165) is 24.5 Å². The Kier molecular flexibility index (Phi) is 4.84. The summed E-state index contributed by atoms with van der Waals surface area (Å²) in [5.74, 6) is 7.40. The summed E-state index contributed by atoms with van der Waals surface area (Å²) < 4.78 is 37.8. The van der Waals surface area contributed by atoms with Crippen LogP contribution in [0.4, 0.5) is 13.2 Å². The Labute approximate surface area is 139 Å². The summed E-state index contributed by atoms with van der Waals surface area (Å²) in [7, 11) is 0. The molecule has 1 amide bonds. The topological polar surface area (TPSA) is 29.1 Å². The molecule has 2 fully saturated rings. The third-order valence-electron chi connectivity index (χ3n) is 5.13. The van der Waals surface area contributed by atoms with Crippen molar-refractivity contribution in [2.75, 3.05) is 6.54 Å². The molecule has 2 aliphatic carbocycles. The Bertz CT molecular complexity index is 671. The lowest BCUT2D eigenvalue weighted by atomic mass is 9.86. The zero-order chi connectivity index (χ0) is 17.2. The molecule has 24 heavy (non-hydrogen) atoms. The van der Waals surface area contributed by atoms with Crippen LogP contribution < -0.4 is 5.32 Å². The van der Waals surface area contributed by atoms with Gasteiger partial charge in [0.15, 0.2) is 0 Å². The van der Waals surface area contributed by atoms with Gasteiger partial charge in [-0.05, 0) is 55.2 Å². The normalized spacial score (nSPS) is 25.2. The van der Waals surface area contributed by atoms with Gasteiger partial charge in [-0.2, -0.15) is 13.2 Å². The fourth-order valence-electron chi connectivity index (χ4n) is 4.00. The first-order valence-corrected chi connectivity index (χ1v) is 8.34. The molecule has 0 saturated heterocycles. The lowest BCUT2D eigenvalue weighted by Gasteiger charge is -2.20. The van der Waals surface area contributed by atoms with Crippen LogP contribution in [0.5, 0.6) is 0 Å². The van der Waals surface area contributed by atoms with E-state index >= 15 is 0 Å². The van der Waals surface area contributed by atoms with E-state index in [0.29, 0.717) is 23.8 Å². The van der Waals surface area contributed by atoms with Crippen molar-refractivity contribution in [3.05, 3.63) is 35.4 Å². The van der Waals surface area contributed by atoms with E-state index in [9.17, 15) is 18.0 Å². The van der Waals surface area contributed by atoms with Crippen molar-refractivity contribution in [2.45, 2.75) is 38.3 Å². The quantitative estimate of drug-likeness (QED) is 0.831. The van der Waals surface area contributed by atoms with E-state index in [-0.39, 0.29) is 12.5 Å². The minimum absolute atomic E-state index is 0.00843. The van der Waals surface area contributed by atoms with Gasteiger partial charge >= 0.3 is 6.18 Å². The molecule has 3 rings (SSSR count). The summed E-state index contributed by atoms with van der Waals surface area (Å²) in [6.45, 7) is 0.163. The molecule has 1 aromatic rings. The molecule has 1 N–H and O–H groups in total. The van der Waals surface area contributed by atoms with Gasteiger partial charge in [0.2, 0.25) is 5.91 Å². The predicted molar refractivity (Wildman–Crippen MR) is 84.9 cm³/mol. The van der Waals surface area contributed by atoms with Crippen LogP contribution >= 0.6 is 0 Å². The highest BCUT2D eigenvalue weighted by Crippen LogP contribution is 2.49. The number of fused-ring (bicyclic) bond motifs is 2. The van der Waals surface area contributed by atoms with Crippen LogP contribution in [0.25, 0.3) is 0 Å². The number of hydrogen-bond acceptors (Lipinski definition) is 1. The number of hydrogen-bond donors (Lipinski definition) is 1. The fourth-order valence-corrected chi connectivity index (χ4v) is 4.00. The molecule has 2 nitrogen and oxygen atoms in total. The molecule has 2 aliphatic rings. The number of carbonyl (C=O) groups is 1. The molecule has 3 atom stereocenters. The number of benzene rings is 1. The van der Waals surface area contributed by atoms with Crippen LogP contribution in [0.15, 0.2) is 24.3 Å². The number of rotatable bonds is 3. The van der Waals surface area contributed by atoms with Crippen molar-refractivity contribution in [3.63, 3.8) is 0 Å². The van der Waals surface area contributed by atoms with E-state index in [1.165, 1.54) is 31.4 Å². The Morgan fingerprint density at radius 1 is 1.25 bits per heavy atom. The minimum Gasteiger partial charge on any atom is -0.345 e. The van der Waals surface area contributed by atoms with Crippen molar-refractivity contribution in [2.24, 2.45) is 17.8 Å². The van der Waals surface area contributed by atoms with Crippen molar-refractivity contribution in [1.29, 1.82) is 0 Å². The lowest BCUT2D eigenvalue weighted by Crippen LogP contribution is -2.27. The molecular formula is C19H20F3NO. The molecule has 0 aliphatic heterocycles. The maximum Gasteiger partial charge on any atom is 0.416 e. The largest absolute Gasteiger partial charge is 0.416 e. The first-order chi connectivity index (χ1) is 11.4. The minimum atomic E-state index is -4.37. The monoisotopic (exact) mass is 335 g/mol. The SMILES string of the molecule is O=C(CC1CC2CCC1C2)NCC#Cc1cccc(C(F)(F)F)c1. The molecule has 2 saturated carbocycles. The highest BCUT2D eigenvalue weighted by molar-refractivity contribution is 5.76. The van der Waals surface area contributed by atoms with Gasteiger partial charge in [0, 0.05) is 12.0 Å². The van der Waals surface area contributed by atoms with Gasteiger partial charge in [0.1, 0.15) is 0 Å². The molecule has 0 aromatic heterocycles. The molecule has 3 unspecified atom stereocenters. The van der Waals surface area contributed by atoms with Crippen LogP contribution in [0.2, 0.25) is 0 Å².